The van der Waals surface area contributed by atoms with Crippen LogP contribution in [-0.4, -0.2) is 11.0 Å². The molecule has 27 heavy (non-hydrogen) atoms. The Morgan fingerprint density at radius 3 is 2.33 bits per heavy atom. The number of Topliss-reactive ketones (excluding diaryl/α,β-unsaturated/α-hetero) is 1. The summed E-state index contributed by atoms with van der Waals surface area (Å²) in [6.45, 7) is 7.69. The Morgan fingerprint density at radius 1 is 1.11 bits per heavy atom. The normalized spacial score (nSPS) is 16.4. The van der Waals surface area contributed by atoms with E-state index < -0.39 is 0 Å². The molecule has 0 aliphatic heterocycles. The van der Waals surface area contributed by atoms with Gasteiger partial charge in [-0.2, -0.15) is 0 Å². The highest BCUT2D eigenvalue weighted by atomic mass is 35.5. The Hall–Kier alpha value is -1.35. The summed E-state index contributed by atoms with van der Waals surface area (Å²) < 4.78 is 0. The molecule has 0 saturated carbocycles. The second-order valence-electron chi connectivity index (χ2n) is 7.25. The van der Waals surface area contributed by atoms with Crippen LogP contribution in [0.4, 0.5) is 0 Å². The van der Waals surface area contributed by atoms with Gasteiger partial charge in [-0.05, 0) is 78.7 Å². The van der Waals surface area contributed by atoms with E-state index in [1.807, 2.05) is 51.1 Å². The highest BCUT2D eigenvalue weighted by molar-refractivity contribution is 6.63. The Labute approximate surface area is 175 Å². The zero-order valence-electron chi connectivity index (χ0n) is 15.9. The van der Waals surface area contributed by atoms with E-state index in [1.54, 1.807) is 6.92 Å². The van der Waals surface area contributed by atoms with Crippen LogP contribution in [0.25, 0.3) is 0 Å². The van der Waals surface area contributed by atoms with E-state index in [-0.39, 0.29) is 22.9 Å². The molecular formula is C22H23Cl3O2. The van der Waals surface area contributed by atoms with Gasteiger partial charge in [0.05, 0.1) is 0 Å². The second-order valence-corrected chi connectivity index (χ2v) is 8.43. The molecule has 0 saturated heterocycles. The molecule has 0 amide bonds. The van der Waals surface area contributed by atoms with E-state index in [1.165, 1.54) is 0 Å². The third kappa shape index (κ3) is 5.57. The van der Waals surface area contributed by atoms with Gasteiger partial charge in [0.1, 0.15) is 0 Å². The minimum absolute atomic E-state index is 0.106. The summed E-state index contributed by atoms with van der Waals surface area (Å²) in [6, 6.07) is 9.67. The molecule has 2 nitrogen and oxygen atoms in total. The zero-order chi connectivity index (χ0) is 20.3. The smallest absolute Gasteiger partial charge is 0.224 e. The summed E-state index contributed by atoms with van der Waals surface area (Å²) >= 11 is 17.5. The summed E-state index contributed by atoms with van der Waals surface area (Å²) in [7, 11) is 0. The van der Waals surface area contributed by atoms with E-state index in [0.29, 0.717) is 11.4 Å². The molecule has 0 fully saturated rings. The first-order chi connectivity index (χ1) is 12.6. The van der Waals surface area contributed by atoms with Gasteiger partial charge in [0, 0.05) is 27.4 Å². The average molecular weight is 426 g/mol. The molecular weight excluding hydrogens is 403 g/mol. The number of carbonyl (C=O) groups excluding carboxylic acids is 2. The van der Waals surface area contributed by atoms with Crippen molar-refractivity contribution < 1.29 is 9.59 Å². The van der Waals surface area contributed by atoms with E-state index in [4.69, 9.17) is 34.8 Å². The predicted octanol–water partition coefficient (Wildman–Crippen LogP) is 6.62. The average Bonchev–Trinajstić information content (AvgIpc) is 2.86. The minimum Gasteiger partial charge on any atom is -0.294 e. The molecule has 0 spiro atoms. The quantitative estimate of drug-likeness (QED) is 0.518. The second kappa shape index (κ2) is 9.23. The molecule has 144 valence electrons. The van der Waals surface area contributed by atoms with Crippen LogP contribution in [0.15, 0.2) is 30.3 Å². The summed E-state index contributed by atoms with van der Waals surface area (Å²) in [5.41, 5.74) is 5.01. The highest BCUT2D eigenvalue weighted by Gasteiger charge is 2.28. The van der Waals surface area contributed by atoms with Crippen LogP contribution in [0.1, 0.15) is 46.5 Å². The molecule has 0 aromatic heterocycles. The van der Waals surface area contributed by atoms with Crippen molar-refractivity contribution in [1.29, 1.82) is 0 Å². The fourth-order valence-corrected chi connectivity index (χ4v) is 3.83. The highest BCUT2D eigenvalue weighted by Crippen LogP contribution is 2.32. The standard InChI is InChI=1S/C11H12Cl2O.C11H11ClO/c1-7-3-4-9(10(12)5-7)6-8(2)11(13)14;1-6-3-9-8(10(12)4-6)5-7(2)11(9)13/h3-5,8H,6H2,1-2H3;3-4,7H,5H2,1-2H3. The van der Waals surface area contributed by atoms with Gasteiger partial charge in [-0.25, -0.2) is 0 Å². The van der Waals surface area contributed by atoms with Gasteiger partial charge in [-0.1, -0.05) is 49.2 Å². The number of hydrogen-bond donors (Lipinski definition) is 0. The summed E-state index contributed by atoms with van der Waals surface area (Å²) in [5, 5.41) is 1.13. The Bertz CT molecular complexity index is 874. The summed E-state index contributed by atoms with van der Waals surface area (Å²) in [6.07, 6.45) is 1.40. The maximum Gasteiger partial charge on any atom is 0.224 e. The van der Waals surface area contributed by atoms with Crippen molar-refractivity contribution in [3.8, 4) is 0 Å². The van der Waals surface area contributed by atoms with Crippen LogP contribution in [-0.2, 0) is 17.6 Å². The molecule has 0 heterocycles. The topological polar surface area (TPSA) is 34.1 Å². The zero-order valence-corrected chi connectivity index (χ0v) is 18.2. The number of hydrogen-bond acceptors (Lipinski definition) is 2. The molecule has 1 aliphatic rings. The lowest BCUT2D eigenvalue weighted by molar-refractivity contribution is -0.114. The Balaban J connectivity index is 0.000000194. The molecule has 2 aromatic carbocycles. The molecule has 3 rings (SSSR count). The van der Waals surface area contributed by atoms with Gasteiger partial charge >= 0.3 is 0 Å². The SMILES string of the molecule is Cc1cc(Cl)c2c(c1)C(=O)C(C)C2.Cc1ccc(CC(C)C(=O)Cl)c(Cl)c1. The number of benzene rings is 2. The van der Waals surface area contributed by atoms with Gasteiger partial charge in [0.15, 0.2) is 5.78 Å². The first-order valence-corrected chi connectivity index (χ1v) is 10.0. The number of halogens is 3. The summed E-state index contributed by atoms with van der Waals surface area (Å²) in [4.78, 5) is 22.5. The molecule has 2 unspecified atom stereocenters. The minimum atomic E-state index is -0.318. The molecule has 5 heteroatoms. The predicted molar refractivity (Wildman–Crippen MR) is 113 cm³/mol. The first kappa shape index (κ1) is 21.9. The monoisotopic (exact) mass is 424 g/mol. The van der Waals surface area contributed by atoms with Crippen molar-refractivity contribution in [3.63, 3.8) is 0 Å². The largest absolute Gasteiger partial charge is 0.294 e. The van der Waals surface area contributed by atoms with Gasteiger partial charge in [-0.3, -0.25) is 9.59 Å². The number of carbonyl (C=O) groups is 2. The van der Waals surface area contributed by atoms with Crippen molar-refractivity contribution >= 4 is 45.8 Å². The Morgan fingerprint density at radius 2 is 1.74 bits per heavy atom. The molecule has 0 bridgehead atoms. The van der Waals surface area contributed by atoms with E-state index in [2.05, 4.69) is 0 Å². The van der Waals surface area contributed by atoms with Crippen LogP contribution in [0.5, 0.6) is 0 Å². The van der Waals surface area contributed by atoms with Crippen molar-refractivity contribution in [2.24, 2.45) is 11.8 Å². The van der Waals surface area contributed by atoms with Crippen molar-refractivity contribution in [2.45, 2.75) is 40.5 Å². The number of aryl methyl sites for hydroxylation is 2. The number of rotatable bonds is 3. The van der Waals surface area contributed by atoms with Crippen LogP contribution in [0.2, 0.25) is 10.0 Å². The van der Waals surface area contributed by atoms with Crippen LogP contribution in [0, 0.1) is 25.7 Å². The van der Waals surface area contributed by atoms with Crippen molar-refractivity contribution in [2.75, 3.05) is 0 Å². The molecule has 2 aromatic rings. The fourth-order valence-electron chi connectivity index (χ4n) is 3.09. The van der Waals surface area contributed by atoms with E-state index in [0.717, 1.165) is 39.3 Å². The van der Waals surface area contributed by atoms with Crippen LogP contribution >= 0.6 is 34.8 Å². The van der Waals surface area contributed by atoms with E-state index in [9.17, 15) is 9.59 Å². The lowest BCUT2D eigenvalue weighted by atomic mass is 10.0. The maximum absolute atomic E-state index is 11.6. The Kier molecular flexibility index (Phi) is 7.50. The number of fused-ring (bicyclic) bond motifs is 1. The van der Waals surface area contributed by atoms with Gasteiger partial charge in [0.2, 0.25) is 5.24 Å². The van der Waals surface area contributed by atoms with Gasteiger partial charge in [0.25, 0.3) is 0 Å². The van der Waals surface area contributed by atoms with Crippen molar-refractivity contribution in [3.05, 3.63) is 68.2 Å². The number of ketones is 1. The molecule has 1 aliphatic carbocycles. The van der Waals surface area contributed by atoms with E-state index >= 15 is 0 Å². The third-order valence-corrected chi connectivity index (χ3v) is 5.75. The lowest BCUT2D eigenvalue weighted by Gasteiger charge is -2.08. The maximum atomic E-state index is 11.6. The van der Waals surface area contributed by atoms with Crippen LogP contribution < -0.4 is 0 Å². The van der Waals surface area contributed by atoms with Crippen LogP contribution in [0.3, 0.4) is 0 Å². The molecule has 2 atom stereocenters. The first-order valence-electron chi connectivity index (χ1n) is 8.87. The fraction of sp³-hybridized carbons (Fsp3) is 0.364. The van der Waals surface area contributed by atoms with Gasteiger partial charge in [-0.15, -0.1) is 0 Å². The van der Waals surface area contributed by atoms with Gasteiger partial charge < -0.3 is 0 Å². The van der Waals surface area contributed by atoms with Crippen molar-refractivity contribution in [1.82, 2.24) is 0 Å². The summed E-state index contributed by atoms with van der Waals surface area (Å²) in [5.74, 6) is 0.159. The molecule has 0 radical (unpaired) electrons. The molecule has 0 N–H and O–H groups in total. The lowest BCUT2D eigenvalue weighted by Crippen LogP contribution is -2.07. The third-order valence-electron chi connectivity index (χ3n) is 4.69.